The Morgan fingerprint density at radius 2 is 1.82 bits per heavy atom. The van der Waals surface area contributed by atoms with Crippen molar-refractivity contribution in [1.82, 2.24) is 19.3 Å². The Morgan fingerprint density at radius 3 is 2.42 bits per heavy atom. The molecule has 4 aromatic rings. The van der Waals surface area contributed by atoms with Gasteiger partial charge in [0.1, 0.15) is 12.1 Å². The van der Waals surface area contributed by atoms with Crippen LogP contribution in [0.3, 0.4) is 0 Å². The highest BCUT2D eigenvalue weighted by molar-refractivity contribution is 7.15. The number of benzene rings is 1. The first-order chi connectivity index (χ1) is 17.8. The number of aromatic amines is 1. The number of hydrogen-bond donors (Lipinski definition) is 3. The van der Waals surface area contributed by atoms with E-state index in [0.29, 0.717) is 10.9 Å². The third-order valence-corrected chi connectivity index (χ3v) is 6.07. The van der Waals surface area contributed by atoms with Crippen molar-refractivity contribution in [3.63, 3.8) is 0 Å². The molecule has 0 aliphatic carbocycles. The summed E-state index contributed by atoms with van der Waals surface area (Å²) in [5, 5.41) is 11.6. The number of fused-ring (bicyclic) bond motifs is 1. The third kappa shape index (κ3) is 6.77. The fourth-order valence-electron chi connectivity index (χ4n) is 3.12. The van der Waals surface area contributed by atoms with Crippen LogP contribution in [0.4, 0.5) is 26.3 Å². The van der Waals surface area contributed by atoms with E-state index in [1.165, 1.54) is 34.4 Å². The van der Waals surface area contributed by atoms with Gasteiger partial charge in [0.05, 0.1) is 18.6 Å². The van der Waals surface area contributed by atoms with E-state index in [4.69, 9.17) is 15.6 Å². The van der Waals surface area contributed by atoms with Crippen molar-refractivity contribution in [3.8, 4) is 10.4 Å². The van der Waals surface area contributed by atoms with Gasteiger partial charge in [-0.05, 0) is 35.9 Å². The van der Waals surface area contributed by atoms with E-state index in [0.717, 1.165) is 14.4 Å². The number of carboxylic acids is 1. The number of aliphatic carboxylic acids is 1. The molecule has 0 aliphatic rings. The normalized spacial score (nSPS) is 11.2. The van der Waals surface area contributed by atoms with Gasteiger partial charge in [-0.1, -0.05) is 0 Å². The Morgan fingerprint density at radius 1 is 1.13 bits per heavy atom. The van der Waals surface area contributed by atoms with Crippen molar-refractivity contribution in [1.29, 1.82) is 0 Å². The first kappa shape index (κ1) is 28.4. The van der Waals surface area contributed by atoms with Crippen LogP contribution < -0.4 is 17.0 Å². The molecule has 4 rings (SSSR count). The minimum Gasteiger partial charge on any atom is -0.475 e. The third-order valence-electron chi connectivity index (χ3n) is 4.95. The largest absolute Gasteiger partial charge is 0.490 e. The minimum atomic E-state index is -5.08. The van der Waals surface area contributed by atoms with Crippen LogP contribution in [0.1, 0.15) is 4.88 Å². The molecular weight excluding hydrogens is 544 g/mol. The molecule has 1 aromatic carbocycles. The first-order valence-electron chi connectivity index (χ1n) is 10.4. The zero-order valence-corrected chi connectivity index (χ0v) is 19.7. The lowest BCUT2D eigenvalue weighted by molar-refractivity contribution is -0.192. The predicted molar refractivity (Wildman–Crippen MR) is 125 cm³/mol. The van der Waals surface area contributed by atoms with Gasteiger partial charge in [-0.3, -0.25) is 9.36 Å². The maximum atomic E-state index is 14.4. The van der Waals surface area contributed by atoms with Gasteiger partial charge in [-0.2, -0.15) is 27.1 Å². The van der Waals surface area contributed by atoms with E-state index >= 15 is 0 Å². The highest BCUT2D eigenvalue weighted by Gasteiger charge is 2.38. The molecule has 3 heterocycles. The molecule has 0 atom stereocenters. The monoisotopic (exact) mass is 561 g/mol. The number of nitrogens with two attached hydrogens (primary N) is 1. The van der Waals surface area contributed by atoms with Crippen LogP contribution >= 0.6 is 11.3 Å². The molecule has 0 fully saturated rings. The van der Waals surface area contributed by atoms with Crippen molar-refractivity contribution in [2.24, 2.45) is 5.73 Å². The van der Waals surface area contributed by atoms with Crippen LogP contribution in [0.5, 0.6) is 0 Å². The van der Waals surface area contributed by atoms with Crippen LogP contribution in [-0.4, -0.2) is 43.1 Å². The van der Waals surface area contributed by atoms with Gasteiger partial charge < -0.3 is 15.8 Å². The summed E-state index contributed by atoms with van der Waals surface area (Å²) in [6.45, 7) is -0.558. The van der Waals surface area contributed by atoms with Crippen molar-refractivity contribution in [2.45, 2.75) is 19.3 Å². The summed E-state index contributed by atoms with van der Waals surface area (Å²) in [4.78, 5) is 36.8. The second kappa shape index (κ2) is 11.5. The number of nitrogens with zero attached hydrogens (tertiary/aromatic N) is 3. The van der Waals surface area contributed by atoms with Crippen molar-refractivity contribution >= 4 is 28.2 Å². The van der Waals surface area contributed by atoms with Crippen molar-refractivity contribution < 1.29 is 36.2 Å². The van der Waals surface area contributed by atoms with Crippen LogP contribution in [0, 0.1) is 5.82 Å². The molecule has 3 aromatic heterocycles. The van der Waals surface area contributed by atoms with E-state index < -0.39 is 29.7 Å². The fourth-order valence-corrected chi connectivity index (χ4v) is 4.11. The van der Waals surface area contributed by atoms with Crippen LogP contribution in [0.2, 0.25) is 0 Å². The van der Waals surface area contributed by atoms with Crippen molar-refractivity contribution in [3.05, 3.63) is 85.9 Å². The standard InChI is InChI=1S/C20H16F3N5O2S.C2HF3O2/c21-15-6-12(5-11-1-4-17(29)26-18(11)15)16-3-2-14(31-16)9-27-10-25-28(20(27)30)8-13(7-24)19(22)23;3-2(4,5)1(6)7/h1-6,10H,7-9,24H2,(H,26,29);(H,6,7). The molecule has 0 aliphatic heterocycles. The Hall–Kier alpha value is -4.18. The predicted octanol–water partition coefficient (Wildman–Crippen LogP) is 3.54. The molecule has 0 radical (unpaired) electrons. The Kier molecular flexibility index (Phi) is 8.57. The topological polar surface area (TPSA) is 136 Å². The lowest BCUT2D eigenvalue weighted by Crippen LogP contribution is -2.27. The quantitative estimate of drug-likeness (QED) is 0.308. The van der Waals surface area contributed by atoms with E-state index in [-0.39, 0.29) is 36.3 Å². The fraction of sp³-hybridized carbons (Fsp3) is 0.182. The van der Waals surface area contributed by atoms with E-state index in [9.17, 15) is 35.9 Å². The van der Waals surface area contributed by atoms with E-state index in [1.54, 1.807) is 24.3 Å². The molecule has 202 valence electrons. The van der Waals surface area contributed by atoms with E-state index in [1.807, 2.05) is 0 Å². The molecular formula is C22H17F6N5O4S. The first-order valence-corrected chi connectivity index (χ1v) is 11.2. The van der Waals surface area contributed by atoms with Crippen LogP contribution in [0.25, 0.3) is 21.3 Å². The molecule has 0 amide bonds. The maximum absolute atomic E-state index is 14.4. The highest BCUT2D eigenvalue weighted by atomic mass is 32.1. The number of pyridine rings is 1. The number of thiophene rings is 1. The van der Waals surface area contributed by atoms with Gasteiger partial charge in [0, 0.05) is 33.3 Å². The smallest absolute Gasteiger partial charge is 0.475 e. The average molecular weight is 561 g/mol. The Balaban J connectivity index is 0.000000505. The zero-order chi connectivity index (χ0) is 28.2. The van der Waals surface area contributed by atoms with Gasteiger partial charge in [0.15, 0.2) is 0 Å². The van der Waals surface area contributed by atoms with Gasteiger partial charge in [-0.15, -0.1) is 11.3 Å². The molecule has 0 saturated heterocycles. The molecule has 4 N–H and O–H groups in total. The maximum Gasteiger partial charge on any atom is 0.490 e. The molecule has 16 heteroatoms. The lowest BCUT2D eigenvalue weighted by Gasteiger charge is -2.03. The number of carboxylic acid groups (broad SMARTS) is 1. The van der Waals surface area contributed by atoms with Crippen LogP contribution in [-0.2, 0) is 17.9 Å². The second-order valence-corrected chi connectivity index (χ2v) is 8.75. The Labute approximate surface area is 212 Å². The zero-order valence-electron chi connectivity index (χ0n) is 18.9. The Bertz CT molecular complexity index is 1610. The lowest BCUT2D eigenvalue weighted by atomic mass is 10.1. The van der Waals surface area contributed by atoms with Gasteiger partial charge in [0.2, 0.25) is 5.56 Å². The highest BCUT2D eigenvalue weighted by Crippen LogP contribution is 2.31. The number of aromatic nitrogens is 4. The number of rotatable bonds is 6. The van der Waals surface area contributed by atoms with Gasteiger partial charge in [0.25, 0.3) is 6.08 Å². The SMILES string of the molecule is NCC(Cn1ncn(Cc2ccc(-c3cc(F)c4[nH]c(=O)ccc4c3)s2)c1=O)=C(F)F.O=C(O)C(F)(F)F. The number of nitrogens with one attached hydrogen (secondary N) is 1. The molecule has 0 unspecified atom stereocenters. The summed E-state index contributed by atoms with van der Waals surface area (Å²) < 4.78 is 74.0. The number of H-pyrrole nitrogens is 1. The summed E-state index contributed by atoms with van der Waals surface area (Å²) in [6, 6.07) is 9.58. The number of hydrogen-bond acceptors (Lipinski definition) is 6. The number of alkyl halides is 3. The van der Waals surface area contributed by atoms with E-state index in [2.05, 4.69) is 10.1 Å². The summed E-state index contributed by atoms with van der Waals surface area (Å²) >= 11 is 1.36. The van der Waals surface area contributed by atoms with Crippen LogP contribution in [0.15, 0.2) is 64.0 Å². The summed E-state index contributed by atoms with van der Waals surface area (Å²) in [5.74, 6) is -3.30. The molecule has 38 heavy (non-hydrogen) atoms. The van der Waals surface area contributed by atoms with Gasteiger partial charge >= 0.3 is 17.8 Å². The van der Waals surface area contributed by atoms with Gasteiger partial charge in [-0.25, -0.2) is 18.7 Å². The second-order valence-electron chi connectivity index (χ2n) is 7.58. The molecule has 0 bridgehead atoms. The average Bonchev–Trinajstić information content (AvgIpc) is 3.44. The van der Waals surface area contributed by atoms with Crippen molar-refractivity contribution in [2.75, 3.05) is 6.54 Å². The summed E-state index contributed by atoms with van der Waals surface area (Å²) in [7, 11) is 0. The number of carbonyl (C=O) groups is 1. The molecule has 9 nitrogen and oxygen atoms in total. The number of halogens is 6. The molecule has 0 spiro atoms. The minimum absolute atomic E-state index is 0.141. The molecule has 0 saturated carbocycles. The summed E-state index contributed by atoms with van der Waals surface area (Å²) in [5.41, 5.74) is 4.78. The summed E-state index contributed by atoms with van der Waals surface area (Å²) in [6.07, 6.45) is -5.73.